The lowest BCUT2D eigenvalue weighted by molar-refractivity contribution is 0.201. The number of nitriles is 1. The third kappa shape index (κ3) is 5.04. The van der Waals surface area contributed by atoms with Crippen LogP contribution in [0.1, 0.15) is 25.3 Å². The van der Waals surface area contributed by atoms with Crippen LogP contribution in [0.4, 0.5) is 10.3 Å². The van der Waals surface area contributed by atoms with Gasteiger partial charge in [-0.3, -0.25) is 9.36 Å². The highest BCUT2D eigenvalue weighted by atomic mass is 19.1. The predicted molar refractivity (Wildman–Crippen MR) is 132 cm³/mol. The number of benzene rings is 2. The van der Waals surface area contributed by atoms with Crippen molar-refractivity contribution in [3.63, 3.8) is 0 Å². The summed E-state index contributed by atoms with van der Waals surface area (Å²) in [5.41, 5.74) is 7.45. The topological polar surface area (TPSA) is 117 Å². The summed E-state index contributed by atoms with van der Waals surface area (Å²) in [5, 5.41) is 18.1. The zero-order valence-electron chi connectivity index (χ0n) is 19.6. The number of hydrogen-bond acceptors (Lipinski definition) is 7. The number of anilines is 1. The van der Waals surface area contributed by atoms with Crippen molar-refractivity contribution >= 4 is 5.95 Å². The molecule has 1 saturated heterocycles. The molecule has 3 N–H and O–H groups in total. The Morgan fingerprint density at radius 3 is 2.49 bits per heavy atom. The second-order valence-electron chi connectivity index (χ2n) is 8.41. The van der Waals surface area contributed by atoms with E-state index in [2.05, 4.69) is 0 Å². The van der Waals surface area contributed by atoms with Gasteiger partial charge in [0.05, 0.1) is 23.4 Å². The van der Waals surface area contributed by atoms with Crippen molar-refractivity contribution in [3.8, 4) is 34.2 Å². The van der Waals surface area contributed by atoms with Crippen LogP contribution in [0.3, 0.4) is 0 Å². The number of nitrogens with zero attached hydrogens (tertiary/aromatic N) is 4. The fourth-order valence-electron chi connectivity index (χ4n) is 4.27. The van der Waals surface area contributed by atoms with Crippen LogP contribution in [0, 0.1) is 17.1 Å². The van der Waals surface area contributed by atoms with Gasteiger partial charge in [0.15, 0.2) is 0 Å². The number of piperidine rings is 1. The number of ether oxygens (including phenoxy) is 1. The Morgan fingerprint density at radius 2 is 1.89 bits per heavy atom. The Morgan fingerprint density at radius 1 is 1.20 bits per heavy atom. The van der Waals surface area contributed by atoms with Crippen LogP contribution < -0.4 is 20.9 Å². The largest absolute Gasteiger partial charge is 0.491 e. The van der Waals surface area contributed by atoms with Gasteiger partial charge in [0.1, 0.15) is 24.2 Å². The molecule has 0 saturated carbocycles. The molecule has 2 aromatic carbocycles. The molecule has 4 rings (SSSR count). The quantitative estimate of drug-likeness (QED) is 0.537. The van der Waals surface area contributed by atoms with Gasteiger partial charge in [-0.25, -0.2) is 9.37 Å². The average molecular weight is 478 g/mol. The van der Waals surface area contributed by atoms with Gasteiger partial charge in [0, 0.05) is 31.2 Å². The van der Waals surface area contributed by atoms with Crippen molar-refractivity contribution < 1.29 is 14.2 Å². The van der Waals surface area contributed by atoms with E-state index >= 15 is 0 Å². The fraction of sp³-hybridized carbons (Fsp3) is 0.346. The number of aliphatic hydroxyl groups is 1. The number of aromatic nitrogens is 2. The third-order valence-corrected chi connectivity index (χ3v) is 6.15. The Labute approximate surface area is 203 Å². The van der Waals surface area contributed by atoms with Crippen LogP contribution in [-0.2, 0) is 6.54 Å². The van der Waals surface area contributed by atoms with Crippen LogP contribution in [0.15, 0.2) is 47.3 Å². The van der Waals surface area contributed by atoms with Crippen molar-refractivity contribution in [2.75, 3.05) is 31.2 Å². The highest BCUT2D eigenvalue weighted by Gasteiger charge is 2.25. The van der Waals surface area contributed by atoms with Gasteiger partial charge in [-0.2, -0.15) is 5.26 Å². The predicted octanol–water partition coefficient (Wildman–Crippen LogP) is 2.91. The highest BCUT2D eigenvalue weighted by Crippen LogP contribution is 2.32. The van der Waals surface area contributed by atoms with E-state index in [-0.39, 0.29) is 30.4 Å². The Bertz CT molecular complexity index is 1290. The number of aliphatic hydroxyl groups excluding tert-OH is 1. The zero-order valence-corrected chi connectivity index (χ0v) is 19.6. The van der Waals surface area contributed by atoms with E-state index in [1.54, 1.807) is 34.9 Å². The highest BCUT2D eigenvalue weighted by molar-refractivity contribution is 5.81. The summed E-state index contributed by atoms with van der Waals surface area (Å²) in [6.07, 6.45) is 1.58. The maximum absolute atomic E-state index is 14.6. The number of rotatable bonds is 7. The van der Waals surface area contributed by atoms with E-state index in [1.807, 2.05) is 17.9 Å². The van der Waals surface area contributed by atoms with Gasteiger partial charge < -0.3 is 20.5 Å². The minimum atomic E-state index is -0.671. The molecule has 1 aliphatic rings. The summed E-state index contributed by atoms with van der Waals surface area (Å²) >= 11 is 0. The van der Waals surface area contributed by atoms with Gasteiger partial charge in [-0.1, -0.05) is 18.2 Å². The second-order valence-corrected chi connectivity index (χ2v) is 8.41. The first-order valence-corrected chi connectivity index (χ1v) is 11.7. The van der Waals surface area contributed by atoms with Gasteiger partial charge in [0.2, 0.25) is 5.95 Å². The lowest BCUT2D eigenvalue weighted by Gasteiger charge is -2.33. The van der Waals surface area contributed by atoms with E-state index in [0.29, 0.717) is 53.7 Å². The molecule has 1 aromatic heterocycles. The molecule has 9 heteroatoms. The standard InChI is InChI=1S/C26H28FN5O3/c1-2-32-25(34)23(17-5-7-21(8-6-17)35-14-13-33)24(18-3-4-19(16-28)22(27)15-18)30-26(32)31-11-9-20(29)10-12-31/h3-8,15,20,33H,2,9-14,29H2,1H3. The van der Waals surface area contributed by atoms with Crippen molar-refractivity contribution in [1.82, 2.24) is 9.55 Å². The van der Waals surface area contributed by atoms with Crippen molar-refractivity contribution in [2.45, 2.75) is 32.4 Å². The summed E-state index contributed by atoms with van der Waals surface area (Å²) in [5.74, 6) is 0.408. The average Bonchev–Trinajstić information content (AvgIpc) is 2.87. The van der Waals surface area contributed by atoms with Gasteiger partial charge in [-0.05, 0) is 49.6 Å². The Hall–Kier alpha value is -3.74. The molecular weight excluding hydrogens is 449 g/mol. The molecule has 0 aliphatic carbocycles. The maximum atomic E-state index is 14.6. The molecule has 8 nitrogen and oxygen atoms in total. The smallest absolute Gasteiger partial charge is 0.263 e. The maximum Gasteiger partial charge on any atom is 0.263 e. The van der Waals surface area contributed by atoms with Gasteiger partial charge >= 0.3 is 0 Å². The van der Waals surface area contributed by atoms with Crippen molar-refractivity contribution in [3.05, 3.63) is 64.2 Å². The minimum Gasteiger partial charge on any atom is -0.491 e. The lowest BCUT2D eigenvalue weighted by atomic mass is 9.99. The Kier molecular flexibility index (Phi) is 7.44. The number of hydrogen-bond donors (Lipinski definition) is 2. The summed E-state index contributed by atoms with van der Waals surface area (Å²) < 4.78 is 21.7. The molecular formula is C26H28FN5O3. The van der Waals surface area contributed by atoms with E-state index in [9.17, 15) is 9.18 Å². The molecule has 1 aliphatic heterocycles. The van der Waals surface area contributed by atoms with E-state index in [0.717, 1.165) is 12.8 Å². The molecule has 0 bridgehead atoms. The molecule has 0 radical (unpaired) electrons. The first-order chi connectivity index (χ1) is 17.0. The molecule has 182 valence electrons. The normalized spacial score (nSPS) is 14.1. The molecule has 0 amide bonds. The first kappa shape index (κ1) is 24.4. The first-order valence-electron chi connectivity index (χ1n) is 11.7. The molecule has 35 heavy (non-hydrogen) atoms. The summed E-state index contributed by atoms with van der Waals surface area (Å²) in [4.78, 5) is 20.8. The van der Waals surface area contributed by atoms with Gasteiger partial charge in [-0.15, -0.1) is 0 Å². The molecule has 3 aromatic rings. The zero-order chi connectivity index (χ0) is 24.9. The molecule has 2 heterocycles. The van der Waals surface area contributed by atoms with Crippen LogP contribution >= 0.6 is 0 Å². The minimum absolute atomic E-state index is 0.0761. The Balaban J connectivity index is 1.91. The van der Waals surface area contributed by atoms with E-state index < -0.39 is 5.82 Å². The van der Waals surface area contributed by atoms with Crippen LogP contribution in [0.25, 0.3) is 22.4 Å². The van der Waals surface area contributed by atoms with E-state index in [4.69, 9.17) is 25.8 Å². The summed E-state index contributed by atoms with van der Waals surface area (Å²) in [6.45, 7) is 3.70. The molecule has 0 atom stereocenters. The van der Waals surface area contributed by atoms with Crippen molar-refractivity contribution in [2.24, 2.45) is 5.73 Å². The molecule has 0 spiro atoms. The third-order valence-electron chi connectivity index (χ3n) is 6.15. The van der Waals surface area contributed by atoms with Gasteiger partial charge in [0.25, 0.3) is 5.56 Å². The number of nitrogens with two attached hydrogens (primary N) is 1. The second kappa shape index (κ2) is 10.7. The van der Waals surface area contributed by atoms with Crippen LogP contribution in [-0.4, -0.2) is 47.0 Å². The lowest BCUT2D eigenvalue weighted by Crippen LogP contribution is -2.43. The van der Waals surface area contributed by atoms with Crippen LogP contribution in [0.2, 0.25) is 0 Å². The monoisotopic (exact) mass is 477 g/mol. The number of halogens is 1. The fourth-order valence-corrected chi connectivity index (χ4v) is 4.27. The molecule has 0 unspecified atom stereocenters. The van der Waals surface area contributed by atoms with Crippen molar-refractivity contribution in [1.29, 1.82) is 5.26 Å². The summed E-state index contributed by atoms with van der Waals surface area (Å²) in [6, 6.07) is 13.1. The van der Waals surface area contributed by atoms with E-state index in [1.165, 1.54) is 12.1 Å². The SMILES string of the molecule is CCn1c(N2CCC(N)CC2)nc(-c2ccc(C#N)c(F)c2)c(-c2ccc(OCCO)cc2)c1=O. The summed E-state index contributed by atoms with van der Waals surface area (Å²) in [7, 11) is 0. The molecule has 1 fully saturated rings. The van der Waals surface area contributed by atoms with Crippen LogP contribution in [0.5, 0.6) is 5.75 Å².